The number of nitrogens with zero attached hydrogens (tertiary/aromatic N) is 1. The maximum atomic E-state index is 12.2. The normalized spacial score (nSPS) is 13.0. The topological polar surface area (TPSA) is 55.8 Å². The van der Waals surface area contributed by atoms with Crippen molar-refractivity contribution < 1.29 is 19.1 Å². The second-order valence-corrected chi connectivity index (χ2v) is 6.06. The molecule has 0 radical (unpaired) electrons. The second kappa shape index (κ2) is 8.12. The van der Waals surface area contributed by atoms with Crippen molar-refractivity contribution >= 4 is 12.1 Å². The van der Waals surface area contributed by atoms with Crippen LogP contribution in [0.4, 0.5) is 4.79 Å². The van der Waals surface area contributed by atoms with Crippen LogP contribution in [0, 0.1) is 5.92 Å². The largest absolute Gasteiger partial charge is 0.466 e. The smallest absolute Gasteiger partial charge is 0.410 e. The van der Waals surface area contributed by atoms with Gasteiger partial charge in [-0.2, -0.15) is 0 Å². The van der Waals surface area contributed by atoms with Crippen LogP contribution in [-0.2, 0) is 14.3 Å². The van der Waals surface area contributed by atoms with E-state index in [0.717, 1.165) is 0 Å². The van der Waals surface area contributed by atoms with Gasteiger partial charge in [0.25, 0.3) is 0 Å². The van der Waals surface area contributed by atoms with E-state index in [4.69, 9.17) is 9.47 Å². The number of esters is 1. The van der Waals surface area contributed by atoms with Gasteiger partial charge >= 0.3 is 12.1 Å². The van der Waals surface area contributed by atoms with Gasteiger partial charge in [-0.3, -0.25) is 9.69 Å². The van der Waals surface area contributed by atoms with Crippen LogP contribution < -0.4 is 0 Å². The lowest BCUT2D eigenvalue weighted by Gasteiger charge is -2.42. The minimum Gasteiger partial charge on any atom is -0.466 e. The van der Waals surface area contributed by atoms with Crippen molar-refractivity contribution in [3.8, 4) is 0 Å². The lowest BCUT2D eigenvalue weighted by Crippen LogP contribution is -2.54. The summed E-state index contributed by atoms with van der Waals surface area (Å²) >= 11 is 0. The van der Waals surface area contributed by atoms with Crippen LogP contribution >= 0.6 is 0 Å². The molecule has 0 heterocycles. The van der Waals surface area contributed by atoms with E-state index in [1.807, 2.05) is 34.6 Å². The molecule has 0 N–H and O–H groups in total. The fourth-order valence-electron chi connectivity index (χ4n) is 2.12. The van der Waals surface area contributed by atoms with Gasteiger partial charge < -0.3 is 9.47 Å². The third kappa shape index (κ3) is 5.80. The Balaban J connectivity index is 5.23. The molecule has 0 saturated carbocycles. The molecule has 20 heavy (non-hydrogen) atoms. The van der Waals surface area contributed by atoms with E-state index in [2.05, 4.69) is 0 Å². The number of rotatable bonds is 6. The summed E-state index contributed by atoms with van der Waals surface area (Å²) in [5.74, 6) is -0.159. The SMILES string of the molecule is CCOC(=O)CC(C(C)C)N(C(=O)OCC)C(C)(C)C. The highest BCUT2D eigenvalue weighted by Gasteiger charge is 2.37. The van der Waals surface area contributed by atoms with Crippen molar-refractivity contribution in [3.05, 3.63) is 0 Å². The van der Waals surface area contributed by atoms with Crippen molar-refractivity contribution in [1.29, 1.82) is 0 Å². The summed E-state index contributed by atoms with van der Waals surface area (Å²) in [6, 6.07) is -0.243. The summed E-state index contributed by atoms with van der Waals surface area (Å²) in [6.07, 6.45) is -0.204. The Labute approximate surface area is 122 Å². The number of ether oxygens (including phenoxy) is 2. The molecule has 0 aromatic rings. The Bertz CT molecular complexity index is 320. The van der Waals surface area contributed by atoms with Gasteiger partial charge in [0.05, 0.1) is 19.6 Å². The predicted molar refractivity (Wildman–Crippen MR) is 78.5 cm³/mol. The maximum Gasteiger partial charge on any atom is 0.410 e. The van der Waals surface area contributed by atoms with Gasteiger partial charge in [-0.05, 0) is 40.5 Å². The van der Waals surface area contributed by atoms with E-state index in [1.54, 1.807) is 18.7 Å². The first kappa shape index (κ1) is 18.7. The van der Waals surface area contributed by atoms with Gasteiger partial charge in [0.1, 0.15) is 0 Å². The molecule has 1 atom stereocenters. The molecule has 5 heteroatoms. The van der Waals surface area contributed by atoms with Gasteiger partial charge in [0.15, 0.2) is 0 Å². The molecule has 0 aromatic heterocycles. The van der Waals surface area contributed by atoms with E-state index in [9.17, 15) is 9.59 Å². The highest BCUT2D eigenvalue weighted by molar-refractivity contribution is 5.73. The minimum absolute atomic E-state index is 0.128. The first-order chi connectivity index (χ1) is 9.15. The lowest BCUT2D eigenvalue weighted by atomic mass is 9.94. The van der Waals surface area contributed by atoms with Crippen molar-refractivity contribution in [2.24, 2.45) is 5.92 Å². The van der Waals surface area contributed by atoms with Crippen LogP contribution in [0.3, 0.4) is 0 Å². The number of carbonyl (C=O) groups is 2. The molecule has 0 fully saturated rings. The molecule has 0 aliphatic carbocycles. The molecular formula is C15H29NO4. The molecule has 5 nitrogen and oxygen atoms in total. The van der Waals surface area contributed by atoms with Crippen molar-refractivity contribution in [2.45, 2.75) is 66.5 Å². The molecule has 1 amide bonds. The predicted octanol–water partition coefficient (Wildman–Crippen LogP) is 3.22. The summed E-state index contributed by atoms with van der Waals surface area (Å²) in [5.41, 5.74) is -0.423. The molecular weight excluding hydrogens is 258 g/mol. The summed E-state index contributed by atoms with van der Waals surface area (Å²) in [6.45, 7) is 14.0. The van der Waals surface area contributed by atoms with Crippen molar-refractivity contribution in [2.75, 3.05) is 13.2 Å². The molecule has 0 spiro atoms. The Morgan fingerprint density at radius 1 is 1.05 bits per heavy atom. The van der Waals surface area contributed by atoms with Gasteiger partial charge in [-0.15, -0.1) is 0 Å². The molecule has 0 aromatic carbocycles. The van der Waals surface area contributed by atoms with Crippen LogP contribution in [0.5, 0.6) is 0 Å². The fourth-order valence-corrected chi connectivity index (χ4v) is 2.12. The Morgan fingerprint density at radius 3 is 1.90 bits per heavy atom. The van der Waals surface area contributed by atoms with Crippen LogP contribution in [0.15, 0.2) is 0 Å². The number of carbonyl (C=O) groups excluding carboxylic acids is 2. The maximum absolute atomic E-state index is 12.2. The van der Waals surface area contributed by atoms with Gasteiger partial charge in [-0.25, -0.2) is 4.79 Å². The molecule has 1 unspecified atom stereocenters. The van der Waals surface area contributed by atoms with Crippen molar-refractivity contribution in [3.63, 3.8) is 0 Å². The van der Waals surface area contributed by atoms with Crippen molar-refractivity contribution in [1.82, 2.24) is 4.90 Å². The third-order valence-corrected chi connectivity index (χ3v) is 2.97. The number of amides is 1. The summed E-state index contributed by atoms with van der Waals surface area (Å²) < 4.78 is 10.1. The average Bonchev–Trinajstić information content (AvgIpc) is 2.26. The zero-order chi connectivity index (χ0) is 15.9. The standard InChI is InChI=1S/C15H29NO4/c1-8-19-13(17)10-12(11(3)4)16(15(5,6)7)14(18)20-9-2/h11-12H,8-10H2,1-7H3. The molecule has 0 saturated heterocycles. The molecule has 0 aliphatic heterocycles. The van der Waals surface area contributed by atoms with Crippen LogP contribution in [0.2, 0.25) is 0 Å². The Kier molecular flexibility index (Phi) is 7.61. The van der Waals surface area contributed by atoms with E-state index in [0.29, 0.717) is 13.2 Å². The van der Waals surface area contributed by atoms with E-state index in [1.165, 1.54) is 0 Å². The quantitative estimate of drug-likeness (QED) is 0.704. The first-order valence-corrected chi connectivity index (χ1v) is 7.26. The average molecular weight is 287 g/mol. The van der Waals surface area contributed by atoms with E-state index < -0.39 is 5.54 Å². The minimum atomic E-state index is -0.423. The zero-order valence-electron chi connectivity index (χ0n) is 13.9. The van der Waals surface area contributed by atoms with Crippen LogP contribution in [-0.4, -0.2) is 41.8 Å². The van der Waals surface area contributed by atoms with Crippen LogP contribution in [0.1, 0.15) is 54.9 Å². The highest BCUT2D eigenvalue weighted by atomic mass is 16.6. The Hall–Kier alpha value is -1.26. The summed E-state index contributed by atoms with van der Waals surface area (Å²) in [4.78, 5) is 25.6. The van der Waals surface area contributed by atoms with Gasteiger partial charge in [-0.1, -0.05) is 13.8 Å². The Morgan fingerprint density at radius 2 is 1.55 bits per heavy atom. The summed E-state index contributed by atoms with van der Waals surface area (Å²) in [7, 11) is 0. The monoisotopic (exact) mass is 287 g/mol. The van der Waals surface area contributed by atoms with E-state index >= 15 is 0 Å². The molecule has 0 rings (SSSR count). The third-order valence-electron chi connectivity index (χ3n) is 2.97. The van der Waals surface area contributed by atoms with E-state index in [-0.39, 0.29) is 30.4 Å². The van der Waals surface area contributed by atoms with Crippen LogP contribution in [0.25, 0.3) is 0 Å². The zero-order valence-corrected chi connectivity index (χ0v) is 13.9. The fraction of sp³-hybridized carbons (Fsp3) is 0.867. The van der Waals surface area contributed by atoms with Gasteiger partial charge in [0.2, 0.25) is 0 Å². The molecule has 118 valence electrons. The molecule has 0 bridgehead atoms. The number of hydrogen-bond acceptors (Lipinski definition) is 4. The number of hydrogen-bond donors (Lipinski definition) is 0. The first-order valence-electron chi connectivity index (χ1n) is 7.26. The molecule has 0 aliphatic rings. The lowest BCUT2D eigenvalue weighted by molar-refractivity contribution is -0.145. The highest BCUT2D eigenvalue weighted by Crippen LogP contribution is 2.25. The van der Waals surface area contributed by atoms with Gasteiger partial charge in [0, 0.05) is 11.6 Å². The second-order valence-electron chi connectivity index (χ2n) is 6.06. The summed E-state index contributed by atoms with van der Waals surface area (Å²) in [5, 5.41) is 0.